The first-order chi connectivity index (χ1) is 9.19. The van der Waals surface area contributed by atoms with Gasteiger partial charge in [-0.1, -0.05) is 24.6 Å². The molecule has 0 saturated carbocycles. The molecule has 2 rings (SSSR count). The van der Waals surface area contributed by atoms with E-state index in [-0.39, 0.29) is 0 Å². The van der Waals surface area contributed by atoms with Crippen molar-refractivity contribution in [2.45, 2.75) is 13.5 Å². The Morgan fingerprint density at radius 3 is 2.84 bits per heavy atom. The third kappa shape index (κ3) is 4.20. The number of hydrogen-bond donors (Lipinski definition) is 1. The Bertz CT molecular complexity index is 563. The second-order valence-electron chi connectivity index (χ2n) is 3.99. The standard InChI is InChI=1S/C14H14BrClN2O/c1-2-17-7-10-3-4-14(13(16)5-10)19-12-6-11(15)8-18-9-12/h3-6,8-9,17H,2,7H2,1H3. The lowest BCUT2D eigenvalue weighted by molar-refractivity contribution is 0.480. The van der Waals surface area contributed by atoms with Gasteiger partial charge in [-0.15, -0.1) is 0 Å². The lowest BCUT2D eigenvalue weighted by Crippen LogP contribution is -2.11. The van der Waals surface area contributed by atoms with Gasteiger partial charge in [-0.05, 0) is 46.2 Å². The first-order valence-corrected chi connectivity index (χ1v) is 7.13. The predicted octanol–water partition coefficient (Wildman–Crippen LogP) is 4.40. The minimum Gasteiger partial charge on any atom is -0.454 e. The van der Waals surface area contributed by atoms with Gasteiger partial charge < -0.3 is 10.1 Å². The number of ether oxygens (including phenoxy) is 1. The fourth-order valence-electron chi connectivity index (χ4n) is 1.58. The van der Waals surface area contributed by atoms with Crippen LogP contribution in [0.4, 0.5) is 0 Å². The highest BCUT2D eigenvalue weighted by Crippen LogP contribution is 2.30. The fourth-order valence-corrected chi connectivity index (χ4v) is 2.17. The Labute approximate surface area is 126 Å². The molecule has 0 aliphatic heterocycles. The number of benzene rings is 1. The molecule has 0 spiro atoms. The van der Waals surface area contributed by atoms with Gasteiger partial charge in [-0.2, -0.15) is 0 Å². The summed E-state index contributed by atoms with van der Waals surface area (Å²) < 4.78 is 6.57. The van der Waals surface area contributed by atoms with Crippen molar-refractivity contribution in [2.75, 3.05) is 6.54 Å². The molecule has 0 aliphatic rings. The molecule has 0 aliphatic carbocycles. The second-order valence-corrected chi connectivity index (χ2v) is 5.31. The van der Waals surface area contributed by atoms with Crippen LogP contribution >= 0.6 is 27.5 Å². The van der Waals surface area contributed by atoms with Crippen molar-refractivity contribution < 1.29 is 4.74 Å². The van der Waals surface area contributed by atoms with Gasteiger partial charge in [-0.25, -0.2) is 0 Å². The van der Waals surface area contributed by atoms with E-state index in [0.29, 0.717) is 16.5 Å². The topological polar surface area (TPSA) is 34.1 Å². The van der Waals surface area contributed by atoms with Crippen molar-refractivity contribution in [2.24, 2.45) is 0 Å². The maximum Gasteiger partial charge on any atom is 0.146 e. The molecular weight excluding hydrogens is 328 g/mol. The van der Waals surface area contributed by atoms with Gasteiger partial charge in [0.25, 0.3) is 0 Å². The van der Waals surface area contributed by atoms with Gasteiger partial charge in [0, 0.05) is 17.2 Å². The fraction of sp³-hybridized carbons (Fsp3) is 0.214. The van der Waals surface area contributed by atoms with E-state index in [9.17, 15) is 0 Å². The van der Waals surface area contributed by atoms with Gasteiger partial charge in [0.05, 0.1) is 11.2 Å². The summed E-state index contributed by atoms with van der Waals surface area (Å²) in [5.41, 5.74) is 1.13. The predicted molar refractivity (Wildman–Crippen MR) is 80.8 cm³/mol. The van der Waals surface area contributed by atoms with Crippen LogP contribution in [0, 0.1) is 0 Å². The van der Waals surface area contributed by atoms with Crippen LogP contribution in [0.15, 0.2) is 41.1 Å². The molecule has 0 saturated heterocycles. The number of halogens is 2. The van der Waals surface area contributed by atoms with E-state index < -0.39 is 0 Å². The molecule has 1 aromatic heterocycles. The first-order valence-electron chi connectivity index (χ1n) is 5.96. The summed E-state index contributed by atoms with van der Waals surface area (Å²) in [7, 11) is 0. The first kappa shape index (κ1) is 14.3. The molecule has 0 atom stereocenters. The van der Waals surface area contributed by atoms with E-state index in [1.54, 1.807) is 12.4 Å². The Balaban J connectivity index is 2.13. The van der Waals surface area contributed by atoms with Crippen LogP contribution in [-0.4, -0.2) is 11.5 Å². The summed E-state index contributed by atoms with van der Waals surface area (Å²) in [5, 5.41) is 3.85. The van der Waals surface area contributed by atoms with E-state index in [1.807, 2.05) is 24.3 Å². The monoisotopic (exact) mass is 340 g/mol. The molecule has 0 bridgehead atoms. The summed E-state index contributed by atoms with van der Waals surface area (Å²) in [4.78, 5) is 4.04. The molecule has 1 N–H and O–H groups in total. The molecule has 0 unspecified atom stereocenters. The van der Waals surface area contributed by atoms with Gasteiger partial charge in [0.2, 0.25) is 0 Å². The van der Waals surface area contributed by atoms with Crippen LogP contribution in [0.3, 0.4) is 0 Å². The molecule has 3 nitrogen and oxygen atoms in total. The highest BCUT2D eigenvalue weighted by atomic mass is 79.9. The molecule has 2 aromatic rings. The number of rotatable bonds is 5. The van der Waals surface area contributed by atoms with Crippen LogP contribution in [0.5, 0.6) is 11.5 Å². The SMILES string of the molecule is CCNCc1ccc(Oc2cncc(Br)c2)c(Cl)c1. The van der Waals surface area contributed by atoms with Crippen molar-refractivity contribution in [1.82, 2.24) is 10.3 Å². The van der Waals surface area contributed by atoms with E-state index in [0.717, 1.165) is 23.1 Å². The minimum atomic E-state index is 0.593. The maximum atomic E-state index is 6.21. The van der Waals surface area contributed by atoms with E-state index in [2.05, 4.69) is 33.2 Å². The number of aromatic nitrogens is 1. The summed E-state index contributed by atoms with van der Waals surface area (Å²) in [5.74, 6) is 1.28. The number of pyridine rings is 1. The van der Waals surface area contributed by atoms with Crippen molar-refractivity contribution in [3.63, 3.8) is 0 Å². The van der Waals surface area contributed by atoms with Crippen molar-refractivity contribution >= 4 is 27.5 Å². The molecule has 100 valence electrons. The van der Waals surface area contributed by atoms with Crippen molar-refractivity contribution in [1.29, 1.82) is 0 Å². The van der Waals surface area contributed by atoms with Gasteiger partial charge in [0.1, 0.15) is 11.5 Å². The Morgan fingerprint density at radius 2 is 2.16 bits per heavy atom. The van der Waals surface area contributed by atoms with Crippen LogP contribution in [0.1, 0.15) is 12.5 Å². The highest BCUT2D eigenvalue weighted by Gasteiger charge is 2.05. The van der Waals surface area contributed by atoms with Crippen molar-refractivity contribution in [3.8, 4) is 11.5 Å². The Hall–Kier alpha value is -1.10. The normalized spacial score (nSPS) is 10.5. The number of nitrogens with one attached hydrogen (secondary N) is 1. The smallest absolute Gasteiger partial charge is 0.146 e. The molecule has 19 heavy (non-hydrogen) atoms. The van der Waals surface area contributed by atoms with Gasteiger partial charge in [0.15, 0.2) is 0 Å². The van der Waals surface area contributed by atoms with Crippen molar-refractivity contribution in [3.05, 3.63) is 51.7 Å². The van der Waals surface area contributed by atoms with Crippen LogP contribution in [0.25, 0.3) is 0 Å². The van der Waals surface area contributed by atoms with E-state index in [4.69, 9.17) is 16.3 Å². The lowest BCUT2D eigenvalue weighted by Gasteiger charge is -2.09. The maximum absolute atomic E-state index is 6.21. The summed E-state index contributed by atoms with van der Waals surface area (Å²) in [6.45, 7) is 3.80. The third-order valence-corrected chi connectivity index (χ3v) is 3.21. The molecule has 0 fully saturated rings. The quantitative estimate of drug-likeness (QED) is 0.875. The Kier molecular flexibility index (Phi) is 5.19. The highest BCUT2D eigenvalue weighted by molar-refractivity contribution is 9.10. The largest absolute Gasteiger partial charge is 0.454 e. The third-order valence-electron chi connectivity index (χ3n) is 2.48. The zero-order valence-corrected chi connectivity index (χ0v) is 12.8. The number of nitrogens with zero attached hydrogens (tertiary/aromatic N) is 1. The molecule has 0 amide bonds. The average molecular weight is 342 g/mol. The van der Waals surface area contributed by atoms with Gasteiger partial charge >= 0.3 is 0 Å². The zero-order valence-electron chi connectivity index (χ0n) is 10.5. The molecule has 0 radical (unpaired) electrons. The van der Waals surface area contributed by atoms with E-state index >= 15 is 0 Å². The second kappa shape index (κ2) is 6.89. The minimum absolute atomic E-state index is 0.593. The Morgan fingerprint density at radius 1 is 1.32 bits per heavy atom. The van der Waals surface area contributed by atoms with Gasteiger partial charge in [-0.3, -0.25) is 4.98 Å². The molecule has 5 heteroatoms. The molecule has 1 aromatic carbocycles. The number of hydrogen-bond acceptors (Lipinski definition) is 3. The average Bonchev–Trinajstić information content (AvgIpc) is 2.39. The zero-order chi connectivity index (χ0) is 13.7. The van der Waals surface area contributed by atoms with Crippen LogP contribution in [0.2, 0.25) is 5.02 Å². The van der Waals surface area contributed by atoms with Crippen LogP contribution < -0.4 is 10.1 Å². The molecular formula is C14H14BrClN2O. The summed E-state index contributed by atoms with van der Waals surface area (Å²) >= 11 is 9.56. The summed E-state index contributed by atoms with van der Waals surface area (Å²) in [6, 6.07) is 7.62. The summed E-state index contributed by atoms with van der Waals surface area (Å²) in [6.07, 6.45) is 3.35. The lowest BCUT2D eigenvalue weighted by atomic mass is 10.2. The molecule has 1 heterocycles. The van der Waals surface area contributed by atoms with E-state index in [1.165, 1.54) is 0 Å². The van der Waals surface area contributed by atoms with Crippen LogP contribution in [-0.2, 0) is 6.54 Å².